The predicted octanol–water partition coefficient (Wildman–Crippen LogP) is -0.595. The van der Waals surface area contributed by atoms with Crippen molar-refractivity contribution in [3.05, 3.63) is 0 Å². The van der Waals surface area contributed by atoms with Crippen LogP contribution in [0.1, 0.15) is 13.3 Å². The van der Waals surface area contributed by atoms with Crippen LogP contribution in [-0.4, -0.2) is 22.2 Å². The largest absolute Gasteiger partial charge is 0.375 e. The van der Waals surface area contributed by atoms with Crippen molar-refractivity contribution < 1.29 is 0 Å². The minimum absolute atomic E-state index is 0.0963. The SMILES string of the molecule is CCC(C=NNC(N)=S)=NNC(N)=S. The molecule has 0 aliphatic heterocycles. The summed E-state index contributed by atoms with van der Waals surface area (Å²) in [7, 11) is 0. The zero-order chi connectivity index (χ0) is 11.0. The third-order valence-electron chi connectivity index (χ3n) is 1.06. The molecule has 0 unspecified atom stereocenters. The maximum absolute atomic E-state index is 5.18. The van der Waals surface area contributed by atoms with Gasteiger partial charge in [0.2, 0.25) is 0 Å². The standard InChI is InChI=1S/C6H12N6S2/c1-2-4(10-12-6(8)14)3-9-11-5(7)13/h3H,2H2,1H3,(H3,7,11,13)(H3,8,12,14). The average Bonchev–Trinajstić information content (AvgIpc) is 2.10. The second-order valence-corrected chi connectivity index (χ2v) is 3.05. The first-order chi connectivity index (χ1) is 6.56. The van der Waals surface area contributed by atoms with E-state index < -0.39 is 0 Å². The highest BCUT2D eigenvalue weighted by Gasteiger charge is 1.91. The predicted molar refractivity (Wildman–Crippen MR) is 66.1 cm³/mol. The number of hydrazone groups is 2. The second kappa shape index (κ2) is 7.15. The summed E-state index contributed by atoms with van der Waals surface area (Å²) in [6.45, 7) is 1.91. The summed E-state index contributed by atoms with van der Waals surface area (Å²) < 4.78 is 0. The van der Waals surface area contributed by atoms with Crippen LogP contribution in [-0.2, 0) is 0 Å². The lowest BCUT2D eigenvalue weighted by molar-refractivity contribution is 1.01. The van der Waals surface area contributed by atoms with Gasteiger partial charge in [0.1, 0.15) is 0 Å². The van der Waals surface area contributed by atoms with Crippen molar-refractivity contribution in [2.24, 2.45) is 21.7 Å². The van der Waals surface area contributed by atoms with E-state index in [1.54, 1.807) is 0 Å². The lowest BCUT2D eigenvalue weighted by Gasteiger charge is -1.98. The summed E-state index contributed by atoms with van der Waals surface area (Å²) in [4.78, 5) is 0. The summed E-state index contributed by atoms with van der Waals surface area (Å²) in [5.74, 6) is 0. The highest BCUT2D eigenvalue weighted by Crippen LogP contribution is 1.80. The zero-order valence-corrected chi connectivity index (χ0v) is 9.28. The lowest BCUT2D eigenvalue weighted by Crippen LogP contribution is -2.27. The molecule has 0 aliphatic carbocycles. The van der Waals surface area contributed by atoms with Gasteiger partial charge in [-0.2, -0.15) is 10.2 Å². The topological polar surface area (TPSA) is 101 Å². The number of nitrogens with zero attached hydrogens (tertiary/aromatic N) is 2. The maximum Gasteiger partial charge on any atom is 0.184 e. The number of rotatable bonds is 4. The van der Waals surface area contributed by atoms with Crippen LogP contribution in [0.5, 0.6) is 0 Å². The Balaban J connectivity index is 4.13. The molecule has 14 heavy (non-hydrogen) atoms. The Morgan fingerprint density at radius 3 is 2.29 bits per heavy atom. The van der Waals surface area contributed by atoms with Gasteiger partial charge >= 0.3 is 0 Å². The van der Waals surface area contributed by atoms with Gasteiger partial charge in [-0.25, -0.2) is 0 Å². The molecule has 78 valence electrons. The van der Waals surface area contributed by atoms with Gasteiger partial charge in [-0.15, -0.1) is 0 Å². The average molecular weight is 232 g/mol. The number of thiocarbonyl (C=S) groups is 2. The Hall–Kier alpha value is -1.28. The van der Waals surface area contributed by atoms with E-state index in [2.05, 4.69) is 45.5 Å². The molecule has 0 aliphatic rings. The van der Waals surface area contributed by atoms with Gasteiger partial charge in [0, 0.05) is 0 Å². The van der Waals surface area contributed by atoms with Crippen molar-refractivity contribution in [1.29, 1.82) is 0 Å². The summed E-state index contributed by atoms with van der Waals surface area (Å²) in [5.41, 5.74) is 15.9. The molecule has 8 heteroatoms. The van der Waals surface area contributed by atoms with E-state index >= 15 is 0 Å². The van der Waals surface area contributed by atoms with Crippen molar-refractivity contribution in [1.82, 2.24) is 10.9 Å². The van der Waals surface area contributed by atoms with E-state index in [9.17, 15) is 0 Å². The fourth-order valence-corrected chi connectivity index (χ4v) is 0.595. The molecule has 0 amide bonds. The quantitative estimate of drug-likeness (QED) is 0.293. The summed E-state index contributed by atoms with van der Waals surface area (Å²) in [6, 6.07) is 0. The molecule has 6 N–H and O–H groups in total. The van der Waals surface area contributed by atoms with Crippen molar-refractivity contribution in [2.45, 2.75) is 13.3 Å². The van der Waals surface area contributed by atoms with Crippen LogP contribution >= 0.6 is 24.4 Å². The van der Waals surface area contributed by atoms with Crippen LogP contribution in [0.3, 0.4) is 0 Å². The minimum atomic E-state index is 0.0963. The third-order valence-corrected chi connectivity index (χ3v) is 1.24. The van der Waals surface area contributed by atoms with E-state index in [4.69, 9.17) is 11.5 Å². The molecule has 6 nitrogen and oxygen atoms in total. The first-order valence-corrected chi connectivity index (χ1v) is 4.58. The van der Waals surface area contributed by atoms with Crippen molar-refractivity contribution in [3.8, 4) is 0 Å². The fraction of sp³-hybridized carbons (Fsp3) is 0.333. The number of hydrogen-bond donors (Lipinski definition) is 4. The molecule has 0 bridgehead atoms. The van der Waals surface area contributed by atoms with Gasteiger partial charge in [-0.3, -0.25) is 10.9 Å². The van der Waals surface area contributed by atoms with E-state index in [0.29, 0.717) is 12.1 Å². The Bertz CT molecular complexity index is 271. The smallest absolute Gasteiger partial charge is 0.184 e. The van der Waals surface area contributed by atoms with Crippen molar-refractivity contribution in [3.63, 3.8) is 0 Å². The molecule has 0 aromatic carbocycles. The van der Waals surface area contributed by atoms with Gasteiger partial charge in [0.15, 0.2) is 10.2 Å². The molecule has 0 atom stereocenters. The monoisotopic (exact) mass is 232 g/mol. The zero-order valence-electron chi connectivity index (χ0n) is 7.65. The van der Waals surface area contributed by atoms with Crippen LogP contribution in [0, 0.1) is 0 Å². The second-order valence-electron chi connectivity index (χ2n) is 2.17. The van der Waals surface area contributed by atoms with Gasteiger partial charge in [0.25, 0.3) is 0 Å². The number of nitrogens with two attached hydrogens (primary N) is 2. The maximum atomic E-state index is 5.18. The highest BCUT2D eigenvalue weighted by molar-refractivity contribution is 7.80. The van der Waals surface area contributed by atoms with E-state index in [-0.39, 0.29) is 10.2 Å². The molecule has 0 aromatic heterocycles. The Kier molecular flexibility index (Phi) is 6.50. The molecule has 0 fully saturated rings. The Labute approximate surface area is 92.8 Å². The molecule has 0 aromatic rings. The summed E-state index contributed by atoms with van der Waals surface area (Å²) in [6.07, 6.45) is 2.16. The Morgan fingerprint density at radius 1 is 1.29 bits per heavy atom. The van der Waals surface area contributed by atoms with Gasteiger partial charge < -0.3 is 11.5 Å². The first-order valence-electron chi connectivity index (χ1n) is 3.76. The normalized spacial score (nSPS) is 11.4. The highest BCUT2D eigenvalue weighted by atomic mass is 32.1. The molecule has 0 rings (SSSR count). The van der Waals surface area contributed by atoms with Crippen molar-refractivity contribution in [2.75, 3.05) is 0 Å². The molecular formula is C6H12N6S2. The third kappa shape index (κ3) is 7.37. The number of nitrogens with one attached hydrogen (secondary N) is 2. The fourth-order valence-electron chi connectivity index (χ4n) is 0.497. The van der Waals surface area contributed by atoms with Crippen LogP contribution in [0.4, 0.5) is 0 Å². The first kappa shape index (κ1) is 12.7. The van der Waals surface area contributed by atoms with Crippen molar-refractivity contribution >= 4 is 46.6 Å². The molecule has 0 radical (unpaired) electrons. The van der Waals surface area contributed by atoms with Crippen LogP contribution in [0.15, 0.2) is 10.2 Å². The summed E-state index contributed by atoms with van der Waals surface area (Å²) >= 11 is 9.12. The summed E-state index contributed by atoms with van der Waals surface area (Å²) in [5, 5.41) is 7.79. The van der Waals surface area contributed by atoms with E-state index in [0.717, 1.165) is 0 Å². The molecule has 0 heterocycles. The van der Waals surface area contributed by atoms with E-state index in [1.165, 1.54) is 6.21 Å². The minimum Gasteiger partial charge on any atom is -0.375 e. The van der Waals surface area contributed by atoms with Crippen LogP contribution in [0.2, 0.25) is 0 Å². The Morgan fingerprint density at radius 2 is 1.86 bits per heavy atom. The molecule has 0 spiro atoms. The lowest BCUT2D eigenvalue weighted by atomic mass is 10.3. The van der Waals surface area contributed by atoms with Crippen LogP contribution in [0.25, 0.3) is 0 Å². The molecule has 0 saturated heterocycles. The number of hydrogen-bond acceptors (Lipinski definition) is 4. The van der Waals surface area contributed by atoms with Gasteiger partial charge in [0.05, 0.1) is 11.9 Å². The van der Waals surface area contributed by atoms with Gasteiger partial charge in [-0.05, 0) is 30.9 Å². The molecule has 0 saturated carbocycles. The van der Waals surface area contributed by atoms with Crippen LogP contribution < -0.4 is 22.3 Å². The van der Waals surface area contributed by atoms with Gasteiger partial charge in [-0.1, -0.05) is 6.92 Å². The molecular weight excluding hydrogens is 220 g/mol. The van der Waals surface area contributed by atoms with E-state index in [1.807, 2.05) is 6.92 Å².